The number of hydrogen-bond acceptors (Lipinski definition) is 2. The number of carbonyl (C=O) groups excluding carboxylic acids is 1. The Bertz CT molecular complexity index is 195. The molecule has 0 heterocycles. The van der Waals surface area contributed by atoms with Crippen molar-refractivity contribution < 1.29 is 9.53 Å². The second kappa shape index (κ2) is 4.80. The summed E-state index contributed by atoms with van der Waals surface area (Å²) in [6.07, 6.45) is 0. The van der Waals surface area contributed by atoms with E-state index in [2.05, 4.69) is 0 Å². The van der Waals surface area contributed by atoms with Gasteiger partial charge in [-0.2, -0.15) is 0 Å². The molecule has 0 rings (SSSR count). The van der Waals surface area contributed by atoms with E-state index in [-0.39, 0.29) is 0 Å². The van der Waals surface area contributed by atoms with Crippen molar-refractivity contribution in [2.24, 2.45) is 11.7 Å². The van der Waals surface area contributed by atoms with Crippen molar-refractivity contribution in [3.63, 3.8) is 0 Å². The first-order valence-corrected chi connectivity index (χ1v) is 4.05. The van der Waals surface area contributed by atoms with Crippen LogP contribution in [0.2, 0.25) is 0 Å². The first-order chi connectivity index (χ1) is 5.45. The van der Waals surface area contributed by atoms with Crippen LogP contribution in [0.25, 0.3) is 0 Å². The zero-order valence-electron chi connectivity index (χ0n) is 8.18. The van der Waals surface area contributed by atoms with Gasteiger partial charge in [0.05, 0.1) is 12.2 Å². The fraction of sp³-hybridized carbons (Fsp3) is 0.667. The van der Waals surface area contributed by atoms with E-state index in [0.717, 1.165) is 0 Å². The van der Waals surface area contributed by atoms with E-state index in [1.807, 2.05) is 13.8 Å². The molecule has 0 aromatic rings. The molecule has 0 aliphatic carbocycles. The molecular weight excluding hydrogens is 154 g/mol. The Morgan fingerprint density at radius 3 is 2.25 bits per heavy atom. The molecule has 12 heavy (non-hydrogen) atoms. The summed E-state index contributed by atoms with van der Waals surface area (Å²) in [5, 5.41) is 0. The van der Waals surface area contributed by atoms with Crippen molar-refractivity contribution in [1.29, 1.82) is 0 Å². The average Bonchev–Trinajstić information content (AvgIpc) is 1.98. The Morgan fingerprint density at radius 2 is 1.92 bits per heavy atom. The monoisotopic (exact) mass is 171 g/mol. The third-order valence-electron chi connectivity index (χ3n) is 1.53. The maximum absolute atomic E-state index is 10.7. The van der Waals surface area contributed by atoms with Crippen LogP contribution in [0.3, 0.4) is 0 Å². The highest BCUT2D eigenvalue weighted by molar-refractivity contribution is 5.91. The molecule has 0 aromatic carbocycles. The standard InChI is InChI=1S/C9H17NO2/c1-6(2)5-12-8(4)7(3)9(10)11/h6H,5H2,1-4H3,(H2,10,11)/b8-7+. The van der Waals surface area contributed by atoms with Gasteiger partial charge in [0.25, 0.3) is 0 Å². The largest absolute Gasteiger partial charge is 0.497 e. The molecule has 0 unspecified atom stereocenters. The van der Waals surface area contributed by atoms with E-state index in [1.165, 1.54) is 0 Å². The molecule has 0 aliphatic heterocycles. The highest BCUT2D eigenvalue weighted by Crippen LogP contribution is 2.06. The lowest BCUT2D eigenvalue weighted by molar-refractivity contribution is -0.114. The number of carbonyl (C=O) groups is 1. The van der Waals surface area contributed by atoms with Crippen LogP contribution >= 0.6 is 0 Å². The van der Waals surface area contributed by atoms with Gasteiger partial charge in [-0.3, -0.25) is 4.79 Å². The van der Waals surface area contributed by atoms with E-state index in [0.29, 0.717) is 23.9 Å². The first-order valence-electron chi connectivity index (χ1n) is 4.05. The summed E-state index contributed by atoms with van der Waals surface area (Å²) in [7, 11) is 0. The van der Waals surface area contributed by atoms with Crippen molar-refractivity contribution in [1.82, 2.24) is 0 Å². The number of rotatable bonds is 4. The molecular formula is C9H17NO2. The van der Waals surface area contributed by atoms with E-state index < -0.39 is 5.91 Å². The van der Waals surface area contributed by atoms with Crippen LogP contribution < -0.4 is 5.73 Å². The van der Waals surface area contributed by atoms with Gasteiger partial charge in [-0.15, -0.1) is 0 Å². The zero-order chi connectivity index (χ0) is 9.72. The van der Waals surface area contributed by atoms with Gasteiger partial charge in [0.2, 0.25) is 5.91 Å². The van der Waals surface area contributed by atoms with Crippen LogP contribution in [-0.2, 0) is 9.53 Å². The summed E-state index contributed by atoms with van der Waals surface area (Å²) in [5.74, 6) is 0.660. The summed E-state index contributed by atoms with van der Waals surface area (Å²) in [6, 6.07) is 0. The van der Waals surface area contributed by atoms with Crippen LogP contribution in [-0.4, -0.2) is 12.5 Å². The fourth-order valence-electron chi connectivity index (χ4n) is 0.573. The molecule has 70 valence electrons. The zero-order valence-corrected chi connectivity index (χ0v) is 8.18. The number of allylic oxidation sites excluding steroid dienone is 1. The average molecular weight is 171 g/mol. The second-order valence-electron chi connectivity index (χ2n) is 3.25. The summed E-state index contributed by atoms with van der Waals surface area (Å²) in [6.45, 7) is 8.14. The van der Waals surface area contributed by atoms with Crippen molar-refractivity contribution in [2.75, 3.05) is 6.61 Å². The van der Waals surface area contributed by atoms with Gasteiger partial charge in [0.1, 0.15) is 5.76 Å². The molecule has 0 radical (unpaired) electrons. The molecule has 0 aliphatic rings. The Hall–Kier alpha value is -0.990. The Morgan fingerprint density at radius 1 is 1.42 bits per heavy atom. The SMILES string of the molecule is C/C(OCC(C)C)=C(/C)C(N)=O. The Kier molecular flexibility index (Phi) is 4.40. The van der Waals surface area contributed by atoms with Gasteiger partial charge >= 0.3 is 0 Å². The molecule has 0 saturated heterocycles. The van der Waals surface area contributed by atoms with Crippen LogP contribution in [0.5, 0.6) is 0 Å². The van der Waals surface area contributed by atoms with E-state index >= 15 is 0 Å². The number of hydrogen-bond donors (Lipinski definition) is 1. The molecule has 3 heteroatoms. The predicted octanol–water partition coefficient (Wildman–Crippen LogP) is 1.44. The van der Waals surface area contributed by atoms with Crippen molar-refractivity contribution >= 4 is 5.91 Å². The van der Waals surface area contributed by atoms with E-state index in [4.69, 9.17) is 10.5 Å². The maximum atomic E-state index is 10.7. The summed E-state index contributed by atoms with van der Waals surface area (Å²) < 4.78 is 5.31. The van der Waals surface area contributed by atoms with E-state index in [1.54, 1.807) is 13.8 Å². The van der Waals surface area contributed by atoms with Gasteiger partial charge < -0.3 is 10.5 Å². The smallest absolute Gasteiger partial charge is 0.247 e. The molecule has 3 nitrogen and oxygen atoms in total. The van der Waals surface area contributed by atoms with Gasteiger partial charge in [-0.05, 0) is 19.8 Å². The second-order valence-corrected chi connectivity index (χ2v) is 3.25. The third kappa shape index (κ3) is 4.01. The van der Waals surface area contributed by atoms with Gasteiger partial charge in [-0.25, -0.2) is 0 Å². The highest BCUT2D eigenvalue weighted by Gasteiger charge is 2.04. The number of amides is 1. The molecule has 0 atom stereocenters. The number of nitrogens with two attached hydrogens (primary N) is 1. The predicted molar refractivity (Wildman–Crippen MR) is 48.4 cm³/mol. The molecule has 0 aromatic heterocycles. The van der Waals surface area contributed by atoms with E-state index in [9.17, 15) is 4.79 Å². The minimum Gasteiger partial charge on any atom is -0.497 e. The van der Waals surface area contributed by atoms with Gasteiger partial charge in [-0.1, -0.05) is 13.8 Å². The summed E-state index contributed by atoms with van der Waals surface area (Å²) >= 11 is 0. The fourth-order valence-corrected chi connectivity index (χ4v) is 0.573. The Labute approximate surface area is 73.6 Å². The topological polar surface area (TPSA) is 52.3 Å². The van der Waals surface area contributed by atoms with Crippen LogP contribution in [0.15, 0.2) is 11.3 Å². The van der Waals surface area contributed by atoms with Crippen molar-refractivity contribution in [3.05, 3.63) is 11.3 Å². The van der Waals surface area contributed by atoms with Crippen molar-refractivity contribution in [3.8, 4) is 0 Å². The number of ether oxygens (including phenoxy) is 1. The van der Waals surface area contributed by atoms with Gasteiger partial charge in [0.15, 0.2) is 0 Å². The highest BCUT2D eigenvalue weighted by atomic mass is 16.5. The lowest BCUT2D eigenvalue weighted by Gasteiger charge is -2.10. The lowest BCUT2D eigenvalue weighted by Crippen LogP contribution is -2.14. The van der Waals surface area contributed by atoms with Crippen LogP contribution in [0.4, 0.5) is 0 Å². The third-order valence-corrected chi connectivity index (χ3v) is 1.53. The molecule has 0 fully saturated rings. The van der Waals surface area contributed by atoms with Crippen molar-refractivity contribution in [2.45, 2.75) is 27.7 Å². The lowest BCUT2D eigenvalue weighted by atomic mass is 10.2. The summed E-state index contributed by atoms with van der Waals surface area (Å²) in [4.78, 5) is 10.7. The summed E-state index contributed by atoms with van der Waals surface area (Å²) in [5.41, 5.74) is 5.56. The molecule has 0 saturated carbocycles. The minimum absolute atomic E-state index is 0.420. The minimum atomic E-state index is -0.420. The molecule has 0 spiro atoms. The van der Waals surface area contributed by atoms with Crippen LogP contribution in [0, 0.1) is 5.92 Å². The van der Waals surface area contributed by atoms with Crippen LogP contribution in [0.1, 0.15) is 27.7 Å². The number of primary amides is 1. The quantitative estimate of drug-likeness (QED) is 0.514. The normalized spacial score (nSPS) is 12.8. The molecule has 2 N–H and O–H groups in total. The van der Waals surface area contributed by atoms with Gasteiger partial charge in [0, 0.05) is 0 Å². The molecule has 1 amide bonds. The Balaban J connectivity index is 4.09. The first kappa shape index (κ1) is 11.0. The maximum Gasteiger partial charge on any atom is 0.247 e. The molecule has 0 bridgehead atoms.